The number of hydrogen-bond acceptors (Lipinski definition) is 3. The van der Waals surface area contributed by atoms with Crippen molar-refractivity contribution < 1.29 is 0 Å². The zero-order valence-electron chi connectivity index (χ0n) is 8.38. The minimum atomic E-state index is 0.244. The molecule has 0 bridgehead atoms. The third-order valence-electron chi connectivity index (χ3n) is 3.37. The summed E-state index contributed by atoms with van der Waals surface area (Å²) in [6, 6.07) is 2.04. The van der Waals surface area contributed by atoms with Gasteiger partial charge in [0.1, 0.15) is 0 Å². The summed E-state index contributed by atoms with van der Waals surface area (Å²) in [5, 5.41) is 7.08. The number of fused-ring (bicyclic) bond motifs is 1. The van der Waals surface area contributed by atoms with Crippen LogP contribution in [0.5, 0.6) is 0 Å². The van der Waals surface area contributed by atoms with Gasteiger partial charge in [0.05, 0.1) is 23.1 Å². The van der Waals surface area contributed by atoms with Crippen LogP contribution < -0.4 is 10.6 Å². The van der Waals surface area contributed by atoms with E-state index in [0.717, 1.165) is 18.2 Å². The quantitative estimate of drug-likeness (QED) is 0.710. The molecule has 0 spiro atoms. The maximum Gasteiger partial charge on any atom is 0.0763 e. The van der Waals surface area contributed by atoms with E-state index >= 15 is 0 Å². The van der Waals surface area contributed by atoms with Gasteiger partial charge in [0, 0.05) is 12.7 Å². The molecule has 0 saturated heterocycles. The lowest BCUT2D eigenvalue weighted by Crippen LogP contribution is -2.47. The van der Waals surface area contributed by atoms with Crippen molar-refractivity contribution in [1.82, 2.24) is 4.98 Å². The average Bonchev–Trinajstić information content (AvgIpc) is 3.01. The fourth-order valence-electron chi connectivity index (χ4n) is 2.24. The smallest absolute Gasteiger partial charge is 0.0763 e. The van der Waals surface area contributed by atoms with Crippen LogP contribution in [0.25, 0.3) is 0 Å². The fraction of sp³-hybridized carbons (Fsp3) is 0.545. The molecule has 1 aromatic heterocycles. The van der Waals surface area contributed by atoms with Gasteiger partial charge in [-0.05, 0) is 31.7 Å². The van der Waals surface area contributed by atoms with Crippen molar-refractivity contribution in [2.75, 3.05) is 17.2 Å². The molecule has 1 aliphatic carbocycles. The van der Waals surface area contributed by atoms with Crippen LogP contribution in [0.1, 0.15) is 19.8 Å². The fourth-order valence-corrected chi connectivity index (χ4v) is 2.24. The first-order valence-corrected chi connectivity index (χ1v) is 5.24. The number of pyridine rings is 1. The minimum Gasteiger partial charge on any atom is -0.380 e. The van der Waals surface area contributed by atoms with Crippen LogP contribution in [-0.4, -0.2) is 17.1 Å². The molecular weight excluding hydrogens is 174 g/mol. The lowest BCUT2D eigenvalue weighted by Gasteiger charge is -2.37. The number of hydrogen-bond donors (Lipinski definition) is 2. The summed E-state index contributed by atoms with van der Waals surface area (Å²) in [4.78, 5) is 4.10. The maximum absolute atomic E-state index is 4.10. The molecule has 1 aromatic rings. The number of rotatable bonds is 1. The summed E-state index contributed by atoms with van der Waals surface area (Å²) < 4.78 is 0. The van der Waals surface area contributed by atoms with Gasteiger partial charge in [0.15, 0.2) is 0 Å². The molecule has 3 heteroatoms. The lowest BCUT2D eigenvalue weighted by atomic mass is 9.93. The van der Waals surface area contributed by atoms with Crippen molar-refractivity contribution >= 4 is 11.4 Å². The monoisotopic (exact) mass is 189 g/mol. The Morgan fingerprint density at radius 2 is 2.29 bits per heavy atom. The first kappa shape index (κ1) is 8.09. The summed E-state index contributed by atoms with van der Waals surface area (Å²) in [5.74, 6) is 0.844. The van der Waals surface area contributed by atoms with E-state index in [1.165, 1.54) is 18.5 Å². The first-order valence-electron chi connectivity index (χ1n) is 5.24. The number of anilines is 2. The van der Waals surface area contributed by atoms with Gasteiger partial charge < -0.3 is 10.6 Å². The normalized spacial score (nSPS) is 30.1. The Balaban J connectivity index is 1.92. The Morgan fingerprint density at radius 1 is 1.43 bits per heavy atom. The molecule has 2 aliphatic rings. The van der Waals surface area contributed by atoms with Gasteiger partial charge in [-0.25, -0.2) is 0 Å². The summed E-state index contributed by atoms with van der Waals surface area (Å²) in [7, 11) is 0. The Labute approximate surface area is 83.9 Å². The van der Waals surface area contributed by atoms with Gasteiger partial charge >= 0.3 is 0 Å². The largest absolute Gasteiger partial charge is 0.380 e. The molecule has 1 fully saturated rings. The highest BCUT2D eigenvalue weighted by Gasteiger charge is 2.43. The predicted molar refractivity (Wildman–Crippen MR) is 57.5 cm³/mol. The van der Waals surface area contributed by atoms with Crippen LogP contribution in [-0.2, 0) is 0 Å². The van der Waals surface area contributed by atoms with Gasteiger partial charge in [-0.2, -0.15) is 0 Å². The molecule has 1 atom stereocenters. The van der Waals surface area contributed by atoms with Crippen molar-refractivity contribution in [3.8, 4) is 0 Å². The highest BCUT2D eigenvalue weighted by Crippen LogP contribution is 2.44. The number of nitrogens with zero attached hydrogens (tertiary/aromatic N) is 1. The van der Waals surface area contributed by atoms with E-state index in [9.17, 15) is 0 Å². The molecule has 3 nitrogen and oxygen atoms in total. The number of nitrogens with one attached hydrogen (secondary N) is 2. The highest BCUT2D eigenvalue weighted by molar-refractivity contribution is 5.71. The van der Waals surface area contributed by atoms with Gasteiger partial charge in [-0.3, -0.25) is 4.98 Å². The second-order valence-corrected chi connectivity index (χ2v) is 4.59. The van der Waals surface area contributed by atoms with E-state index in [0.29, 0.717) is 0 Å². The van der Waals surface area contributed by atoms with Crippen LogP contribution in [0.3, 0.4) is 0 Å². The van der Waals surface area contributed by atoms with Crippen molar-refractivity contribution in [3.05, 3.63) is 18.5 Å². The first-order chi connectivity index (χ1) is 6.78. The summed E-state index contributed by atoms with van der Waals surface area (Å²) in [5.41, 5.74) is 2.57. The molecule has 74 valence electrons. The number of aromatic nitrogens is 1. The molecule has 1 aliphatic heterocycles. The van der Waals surface area contributed by atoms with E-state index in [1.807, 2.05) is 18.5 Å². The van der Waals surface area contributed by atoms with E-state index < -0.39 is 0 Å². The Kier molecular flexibility index (Phi) is 1.52. The van der Waals surface area contributed by atoms with Crippen molar-refractivity contribution in [2.45, 2.75) is 25.3 Å². The van der Waals surface area contributed by atoms with Crippen LogP contribution in [0.15, 0.2) is 18.5 Å². The van der Waals surface area contributed by atoms with E-state index in [2.05, 4.69) is 22.5 Å². The molecule has 14 heavy (non-hydrogen) atoms. The second-order valence-electron chi connectivity index (χ2n) is 4.59. The minimum absolute atomic E-state index is 0.244. The second kappa shape index (κ2) is 2.62. The van der Waals surface area contributed by atoms with Crippen molar-refractivity contribution in [2.24, 2.45) is 5.92 Å². The molecule has 1 unspecified atom stereocenters. The summed E-state index contributed by atoms with van der Waals surface area (Å²) in [6.07, 6.45) is 6.46. The molecular formula is C11H15N3. The predicted octanol–water partition coefficient (Wildman–Crippen LogP) is 2.09. The molecule has 1 saturated carbocycles. The standard InChI is InChI=1S/C11H15N3/c1-11(8-2-3-8)7-13-10-6-12-5-4-9(10)14-11/h4-6,8,13-14H,2-3,7H2,1H3. The molecule has 2 N–H and O–H groups in total. The highest BCUT2D eigenvalue weighted by atomic mass is 15.1. The maximum atomic E-state index is 4.10. The summed E-state index contributed by atoms with van der Waals surface area (Å²) >= 11 is 0. The Morgan fingerprint density at radius 3 is 3.07 bits per heavy atom. The van der Waals surface area contributed by atoms with Gasteiger partial charge in [0.25, 0.3) is 0 Å². The zero-order valence-corrected chi connectivity index (χ0v) is 8.38. The molecule has 3 rings (SSSR count). The molecule has 2 heterocycles. The Hall–Kier alpha value is -1.25. The van der Waals surface area contributed by atoms with E-state index in [4.69, 9.17) is 0 Å². The molecule has 0 amide bonds. The SMILES string of the molecule is CC1(C2CC2)CNc2cnccc2N1. The van der Waals surface area contributed by atoms with Crippen molar-refractivity contribution in [3.63, 3.8) is 0 Å². The van der Waals surface area contributed by atoms with E-state index in [-0.39, 0.29) is 5.54 Å². The van der Waals surface area contributed by atoms with Crippen LogP contribution in [0, 0.1) is 5.92 Å². The van der Waals surface area contributed by atoms with E-state index in [1.54, 1.807) is 0 Å². The third-order valence-corrected chi connectivity index (χ3v) is 3.37. The molecule has 0 radical (unpaired) electrons. The van der Waals surface area contributed by atoms with Crippen LogP contribution in [0.4, 0.5) is 11.4 Å². The molecule has 0 aromatic carbocycles. The van der Waals surface area contributed by atoms with Crippen LogP contribution >= 0.6 is 0 Å². The Bertz CT molecular complexity index is 359. The topological polar surface area (TPSA) is 37.0 Å². The average molecular weight is 189 g/mol. The van der Waals surface area contributed by atoms with Crippen molar-refractivity contribution in [1.29, 1.82) is 0 Å². The zero-order chi connectivity index (χ0) is 9.60. The lowest BCUT2D eigenvalue weighted by molar-refractivity contribution is 0.465. The third kappa shape index (κ3) is 1.15. The van der Waals surface area contributed by atoms with Gasteiger partial charge in [-0.1, -0.05) is 0 Å². The van der Waals surface area contributed by atoms with Gasteiger partial charge in [-0.15, -0.1) is 0 Å². The summed E-state index contributed by atoms with van der Waals surface area (Å²) in [6.45, 7) is 3.32. The van der Waals surface area contributed by atoms with Gasteiger partial charge in [0.2, 0.25) is 0 Å². The van der Waals surface area contributed by atoms with Crippen LogP contribution in [0.2, 0.25) is 0 Å².